The van der Waals surface area contributed by atoms with E-state index in [-0.39, 0.29) is 23.2 Å². The maximum atomic E-state index is 13.4. The number of pyridine rings is 1. The smallest absolute Gasteiger partial charge is 0.259 e. The molecule has 2 heterocycles. The van der Waals surface area contributed by atoms with Gasteiger partial charge in [0.05, 0.1) is 18.2 Å². The zero-order valence-corrected chi connectivity index (χ0v) is 15.7. The number of ether oxygens (including phenoxy) is 1. The monoisotopic (exact) mass is 409 g/mol. The minimum atomic E-state index is -1.06. The average molecular weight is 409 g/mol. The zero-order valence-electron chi connectivity index (χ0n) is 15.7. The van der Waals surface area contributed by atoms with Crippen LogP contribution in [0.2, 0.25) is 0 Å². The fraction of sp³-hybridized carbons (Fsp3) is 0.136. The van der Waals surface area contributed by atoms with E-state index in [0.717, 1.165) is 12.1 Å². The van der Waals surface area contributed by atoms with E-state index >= 15 is 0 Å². The van der Waals surface area contributed by atoms with Crippen molar-refractivity contribution in [3.05, 3.63) is 89.2 Å². The third-order valence-corrected chi connectivity index (χ3v) is 4.74. The molecule has 30 heavy (non-hydrogen) atoms. The SMILES string of the molecule is O=C(NC1CCOc2c(C(=O)Nc3ccc(F)c(F)c3)cccc21)c1ccncc1. The van der Waals surface area contributed by atoms with E-state index in [1.165, 1.54) is 18.5 Å². The van der Waals surface area contributed by atoms with Gasteiger partial charge in [-0.05, 0) is 30.3 Å². The van der Waals surface area contributed by atoms with Crippen molar-refractivity contribution >= 4 is 17.5 Å². The molecule has 0 saturated heterocycles. The van der Waals surface area contributed by atoms with Crippen LogP contribution in [0.4, 0.5) is 14.5 Å². The summed E-state index contributed by atoms with van der Waals surface area (Å²) in [7, 11) is 0. The summed E-state index contributed by atoms with van der Waals surface area (Å²) < 4.78 is 32.2. The number of carbonyl (C=O) groups is 2. The molecule has 1 atom stereocenters. The molecule has 3 aromatic rings. The van der Waals surface area contributed by atoms with Crippen LogP contribution < -0.4 is 15.4 Å². The van der Waals surface area contributed by atoms with Crippen LogP contribution in [0.1, 0.15) is 38.7 Å². The average Bonchev–Trinajstić information content (AvgIpc) is 2.76. The van der Waals surface area contributed by atoms with Crippen molar-refractivity contribution in [2.45, 2.75) is 12.5 Å². The Morgan fingerprint density at radius 2 is 1.80 bits per heavy atom. The molecule has 0 spiro atoms. The second-order valence-electron chi connectivity index (χ2n) is 6.71. The van der Waals surface area contributed by atoms with Crippen molar-refractivity contribution < 1.29 is 23.1 Å². The summed E-state index contributed by atoms with van der Waals surface area (Å²) >= 11 is 0. The van der Waals surface area contributed by atoms with Gasteiger partial charge in [0.25, 0.3) is 11.8 Å². The predicted molar refractivity (Wildman–Crippen MR) is 105 cm³/mol. The van der Waals surface area contributed by atoms with Gasteiger partial charge >= 0.3 is 0 Å². The van der Waals surface area contributed by atoms with E-state index in [2.05, 4.69) is 15.6 Å². The standard InChI is InChI=1S/C22H17F2N3O3/c23-17-5-4-14(12-18(17)24)26-22(29)16-3-1-2-15-19(8-11-30-20(15)16)27-21(28)13-6-9-25-10-7-13/h1-7,9-10,12,19H,8,11H2,(H,26,29)(H,27,28). The van der Waals surface area contributed by atoms with E-state index in [4.69, 9.17) is 4.74 Å². The van der Waals surface area contributed by atoms with Gasteiger partial charge in [0, 0.05) is 41.7 Å². The van der Waals surface area contributed by atoms with Crippen LogP contribution in [-0.2, 0) is 0 Å². The number of fused-ring (bicyclic) bond motifs is 1. The van der Waals surface area contributed by atoms with Crippen molar-refractivity contribution in [3.8, 4) is 5.75 Å². The molecule has 2 amide bonds. The van der Waals surface area contributed by atoms with Gasteiger partial charge in [0.15, 0.2) is 11.6 Å². The first-order valence-electron chi connectivity index (χ1n) is 9.26. The van der Waals surface area contributed by atoms with Crippen molar-refractivity contribution in [1.29, 1.82) is 0 Å². The molecule has 0 aliphatic carbocycles. The Labute approximate surface area is 170 Å². The molecule has 152 valence electrons. The molecule has 0 fully saturated rings. The number of hydrogen-bond donors (Lipinski definition) is 2. The minimum absolute atomic E-state index is 0.120. The van der Waals surface area contributed by atoms with Gasteiger partial charge in [-0.25, -0.2) is 8.78 Å². The second-order valence-corrected chi connectivity index (χ2v) is 6.71. The number of rotatable bonds is 4. The van der Waals surface area contributed by atoms with Gasteiger partial charge in [-0.3, -0.25) is 14.6 Å². The number of para-hydroxylation sites is 1. The van der Waals surface area contributed by atoms with Crippen LogP contribution in [0, 0.1) is 11.6 Å². The van der Waals surface area contributed by atoms with Gasteiger partial charge in [-0.2, -0.15) is 0 Å². The predicted octanol–water partition coefficient (Wildman–Crippen LogP) is 3.87. The summed E-state index contributed by atoms with van der Waals surface area (Å²) in [4.78, 5) is 29.1. The zero-order chi connectivity index (χ0) is 21.1. The third-order valence-electron chi connectivity index (χ3n) is 4.74. The van der Waals surface area contributed by atoms with Crippen LogP contribution >= 0.6 is 0 Å². The molecule has 1 aliphatic heterocycles. The van der Waals surface area contributed by atoms with Crippen LogP contribution in [0.3, 0.4) is 0 Å². The van der Waals surface area contributed by atoms with Crippen molar-refractivity contribution in [2.75, 3.05) is 11.9 Å². The van der Waals surface area contributed by atoms with Gasteiger partial charge in [0.2, 0.25) is 0 Å². The van der Waals surface area contributed by atoms with Crippen molar-refractivity contribution in [1.82, 2.24) is 10.3 Å². The Bertz CT molecular complexity index is 1110. The van der Waals surface area contributed by atoms with Gasteiger partial charge in [-0.1, -0.05) is 12.1 Å². The first-order chi connectivity index (χ1) is 14.5. The molecule has 0 bridgehead atoms. The van der Waals surface area contributed by atoms with E-state index in [1.807, 2.05) is 0 Å². The highest BCUT2D eigenvalue weighted by molar-refractivity contribution is 6.06. The summed E-state index contributed by atoms with van der Waals surface area (Å²) in [6.45, 7) is 0.309. The Morgan fingerprint density at radius 1 is 1.00 bits per heavy atom. The van der Waals surface area contributed by atoms with E-state index in [0.29, 0.717) is 29.9 Å². The quantitative estimate of drug-likeness (QED) is 0.686. The largest absolute Gasteiger partial charge is 0.492 e. The molecule has 0 saturated carbocycles. The molecule has 1 aromatic heterocycles. The Balaban J connectivity index is 1.57. The first-order valence-corrected chi connectivity index (χ1v) is 9.26. The van der Waals surface area contributed by atoms with Crippen LogP contribution in [-0.4, -0.2) is 23.4 Å². The van der Waals surface area contributed by atoms with Crippen molar-refractivity contribution in [2.24, 2.45) is 0 Å². The van der Waals surface area contributed by atoms with Gasteiger partial charge < -0.3 is 15.4 Å². The Hall–Kier alpha value is -3.81. The molecular formula is C22H17F2N3O3. The van der Waals surface area contributed by atoms with E-state index < -0.39 is 17.5 Å². The number of nitrogens with one attached hydrogen (secondary N) is 2. The van der Waals surface area contributed by atoms with E-state index in [9.17, 15) is 18.4 Å². The molecular weight excluding hydrogens is 392 g/mol. The lowest BCUT2D eigenvalue weighted by molar-refractivity contribution is 0.0924. The number of anilines is 1. The normalized spacial score (nSPS) is 14.9. The van der Waals surface area contributed by atoms with Crippen molar-refractivity contribution in [3.63, 3.8) is 0 Å². The summed E-state index contributed by atoms with van der Waals surface area (Å²) in [5.74, 6) is -2.49. The molecule has 0 radical (unpaired) electrons. The molecule has 4 rings (SSSR count). The summed E-state index contributed by atoms with van der Waals surface area (Å²) in [6, 6.07) is 11.0. The maximum Gasteiger partial charge on any atom is 0.259 e. The number of amides is 2. The second kappa shape index (κ2) is 8.28. The minimum Gasteiger partial charge on any atom is -0.492 e. The topological polar surface area (TPSA) is 80.3 Å². The van der Waals surface area contributed by atoms with Crippen LogP contribution in [0.5, 0.6) is 5.75 Å². The lowest BCUT2D eigenvalue weighted by Gasteiger charge is -2.28. The van der Waals surface area contributed by atoms with Gasteiger partial charge in [-0.15, -0.1) is 0 Å². The number of benzene rings is 2. The number of carbonyl (C=O) groups excluding carboxylic acids is 2. The lowest BCUT2D eigenvalue weighted by atomic mass is 9.96. The highest BCUT2D eigenvalue weighted by atomic mass is 19.2. The highest BCUT2D eigenvalue weighted by Gasteiger charge is 2.27. The molecule has 2 N–H and O–H groups in total. The first kappa shape index (κ1) is 19.5. The fourth-order valence-electron chi connectivity index (χ4n) is 3.27. The third kappa shape index (κ3) is 3.98. The van der Waals surface area contributed by atoms with Crippen LogP contribution in [0.15, 0.2) is 60.9 Å². The number of aromatic nitrogens is 1. The number of halogens is 2. The maximum absolute atomic E-state index is 13.4. The Kier molecular flexibility index (Phi) is 5.38. The molecule has 1 aliphatic rings. The summed E-state index contributed by atoms with van der Waals surface area (Å²) in [5.41, 5.74) is 1.50. The molecule has 2 aromatic carbocycles. The highest BCUT2D eigenvalue weighted by Crippen LogP contribution is 2.35. The fourth-order valence-corrected chi connectivity index (χ4v) is 3.27. The summed E-state index contributed by atoms with van der Waals surface area (Å²) in [5, 5.41) is 5.49. The number of nitrogens with zero attached hydrogens (tertiary/aromatic N) is 1. The lowest BCUT2D eigenvalue weighted by Crippen LogP contribution is -2.33. The molecule has 6 nitrogen and oxygen atoms in total. The van der Waals surface area contributed by atoms with Gasteiger partial charge in [0.1, 0.15) is 5.75 Å². The summed E-state index contributed by atoms with van der Waals surface area (Å²) in [6.07, 6.45) is 3.61. The molecule has 8 heteroatoms. The van der Waals surface area contributed by atoms with E-state index in [1.54, 1.807) is 30.3 Å². The Morgan fingerprint density at radius 3 is 2.57 bits per heavy atom. The number of hydrogen-bond acceptors (Lipinski definition) is 4. The molecule has 1 unspecified atom stereocenters. The van der Waals surface area contributed by atoms with Crippen LogP contribution in [0.25, 0.3) is 0 Å².